The Labute approximate surface area is 138 Å². The summed E-state index contributed by atoms with van der Waals surface area (Å²) >= 11 is 0. The van der Waals surface area contributed by atoms with Gasteiger partial charge in [0.2, 0.25) is 0 Å². The molecule has 2 rings (SSSR count). The molecule has 8 heteroatoms. The highest BCUT2D eigenvalue weighted by Crippen LogP contribution is 2.21. The Bertz CT molecular complexity index is 883. The van der Waals surface area contributed by atoms with Crippen LogP contribution in [0.1, 0.15) is 10.4 Å². The Hall–Kier alpha value is -2.74. The number of para-hydroxylation sites is 1. The van der Waals surface area contributed by atoms with Gasteiger partial charge >= 0.3 is 0 Å². The van der Waals surface area contributed by atoms with Crippen molar-refractivity contribution < 1.29 is 22.0 Å². The lowest BCUT2D eigenvalue weighted by Crippen LogP contribution is -2.25. The molecule has 0 saturated heterocycles. The first-order chi connectivity index (χ1) is 11.3. The molecule has 1 amide bonds. The quantitative estimate of drug-likeness (QED) is 0.785. The summed E-state index contributed by atoms with van der Waals surface area (Å²) in [4.78, 5) is 11.6. The average Bonchev–Trinajstić information content (AvgIpc) is 2.55. The van der Waals surface area contributed by atoms with Gasteiger partial charge in [-0.25, -0.2) is 17.2 Å². The minimum absolute atomic E-state index is 0.0174. The molecular formula is C16H14F2N2O3S. The lowest BCUT2D eigenvalue weighted by atomic mass is 10.1. The molecule has 0 saturated carbocycles. The number of carbonyl (C=O) groups is 1. The van der Waals surface area contributed by atoms with Crippen molar-refractivity contribution in [2.45, 2.75) is 4.90 Å². The molecule has 2 aromatic rings. The predicted molar refractivity (Wildman–Crippen MR) is 86.1 cm³/mol. The van der Waals surface area contributed by atoms with Crippen molar-refractivity contribution in [2.75, 3.05) is 11.3 Å². The third-order valence-corrected chi connectivity index (χ3v) is 4.39. The molecule has 2 aromatic carbocycles. The van der Waals surface area contributed by atoms with Crippen LogP contribution in [-0.4, -0.2) is 20.9 Å². The standard InChI is InChI=1S/C16H14F2N2O3S/c1-2-9-19-16(21)12-5-3-4-6-15(12)20-24(22,23)11-7-8-13(17)14(18)10-11/h2-8,10,20H,1,9H2,(H,19,21). The zero-order valence-corrected chi connectivity index (χ0v) is 13.2. The summed E-state index contributed by atoms with van der Waals surface area (Å²) in [5.74, 6) is -2.94. The fourth-order valence-corrected chi connectivity index (χ4v) is 2.97. The number of amides is 1. The molecule has 0 aromatic heterocycles. The Balaban J connectivity index is 2.34. The van der Waals surface area contributed by atoms with Gasteiger partial charge in [-0.2, -0.15) is 0 Å². The number of hydrogen-bond donors (Lipinski definition) is 2. The maximum atomic E-state index is 13.3. The van der Waals surface area contributed by atoms with E-state index in [1.54, 1.807) is 6.07 Å². The van der Waals surface area contributed by atoms with Gasteiger partial charge in [0.25, 0.3) is 15.9 Å². The molecule has 0 radical (unpaired) electrons. The highest BCUT2D eigenvalue weighted by molar-refractivity contribution is 7.92. The van der Waals surface area contributed by atoms with E-state index in [-0.39, 0.29) is 17.8 Å². The molecule has 0 atom stereocenters. The van der Waals surface area contributed by atoms with Gasteiger partial charge < -0.3 is 5.32 Å². The smallest absolute Gasteiger partial charge is 0.262 e. The van der Waals surface area contributed by atoms with E-state index in [4.69, 9.17) is 0 Å². The Kier molecular flexibility index (Phi) is 5.30. The van der Waals surface area contributed by atoms with Crippen LogP contribution in [0.15, 0.2) is 60.0 Å². The molecule has 24 heavy (non-hydrogen) atoms. The predicted octanol–water partition coefficient (Wildman–Crippen LogP) is 2.68. The van der Waals surface area contributed by atoms with Gasteiger partial charge in [-0.15, -0.1) is 6.58 Å². The van der Waals surface area contributed by atoms with E-state index in [0.29, 0.717) is 12.1 Å². The van der Waals surface area contributed by atoms with Crippen LogP contribution in [0.5, 0.6) is 0 Å². The maximum absolute atomic E-state index is 13.3. The van der Waals surface area contributed by atoms with Crippen molar-refractivity contribution >= 4 is 21.6 Å². The van der Waals surface area contributed by atoms with Gasteiger partial charge in [0.1, 0.15) is 0 Å². The normalized spacial score (nSPS) is 10.9. The number of rotatable bonds is 6. The topological polar surface area (TPSA) is 75.3 Å². The lowest BCUT2D eigenvalue weighted by molar-refractivity contribution is 0.0959. The van der Waals surface area contributed by atoms with Crippen molar-refractivity contribution in [3.8, 4) is 0 Å². The first kappa shape index (κ1) is 17.6. The minimum atomic E-state index is -4.19. The number of halogens is 2. The summed E-state index contributed by atoms with van der Waals surface area (Å²) in [6, 6.07) is 8.14. The fraction of sp³-hybridized carbons (Fsp3) is 0.0625. The van der Waals surface area contributed by atoms with Crippen LogP contribution in [0.3, 0.4) is 0 Å². The molecule has 0 unspecified atom stereocenters. The molecule has 5 nitrogen and oxygen atoms in total. The molecule has 126 valence electrons. The molecule has 0 aliphatic carbocycles. The van der Waals surface area contributed by atoms with Crippen molar-refractivity contribution in [3.05, 3.63) is 72.3 Å². The van der Waals surface area contributed by atoms with E-state index < -0.39 is 32.5 Å². The van der Waals surface area contributed by atoms with Crippen LogP contribution in [0.25, 0.3) is 0 Å². The molecule has 0 aliphatic heterocycles. The highest BCUT2D eigenvalue weighted by Gasteiger charge is 2.19. The van der Waals surface area contributed by atoms with E-state index in [0.717, 1.165) is 6.07 Å². The van der Waals surface area contributed by atoms with Gasteiger partial charge in [-0.1, -0.05) is 18.2 Å². The molecule has 0 heterocycles. The van der Waals surface area contributed by atoms with E-state index in [2.05, 4.69) is 16.6 Å². The first-order valence-corrected chi connectivity index (χ1v) is 8.29. The fourth-order valence-electron chi connectivity index (χ4n) is 1.88. The van der Waals surface area contributed by atoms with Crippen molar-refractivity contribution in [3.63, 3.8) is 0 Å². The largest absolute Gasteiger partial charge is 0.349 e. The second-order valence-electron chi connectivity index (χ2n) is 4.73. The number of nitrogens with one attached hydrogen (secondary N) is 2. The molecule has 0 fully saturated rings. The summed E-state index contributed by atoms with van der Waals surface area (Å²) in [6.45, 7) is 3.68. The lowest BCUT2D eigenvalue weighted by Gasteiger charge is -2.12. The zero-order valence-electron chi connectivity index (χ0n) is 12.4. The second-order valence-corrected chi connectivity index (χ2v) is 6.41. The summed E-state index contributed by atoms with van der Waals surface area (Å²) in [6.07, 6.45) is 1.48. The van der Waals surface area contributed by atoms with Gasteiger partial charge in [0.05, 0.1) is 16.1 Å². The van der Waals surface area contributed by atoms with Crippen molar-refractivity contribution in [1.82, 2.24) is 5.32 Å². The molecular weight excluding hydrogens is 338 g/mol. The SMILES string of the molecule is C=CCNC(=O)c1ccccc1NS(=O)(=O)c1ccc(F)c(F)c1. The monoisotopic (exact) mass is 352 g/mol. The van der Waals surface area contributed by atoms with E-state index in [1.165, 1.54) is 24.3 Å². The molecule has 0 spiro atoms. The van der Waals surface area contributed by atoms with Crippen molar-refractivity contribution in [1.29, 1.82) is 0 Å². The first-order valence-electron chi connectivity index (χ1n) is 6.81. The number of hydrogen-bond acceptors (Lipinski definition) is 3. The number of carbonyl (C=O) groups excluding carboxylic acids is 1. The number of anilines is 1. The Morgan fingerprint density at radius 3 is 2.50 bits per heavy atom. The van der Waals surface area contributed by atoms with Gasteiger partial charge in [0, 0.05) is 6.54 Å². The van der Waals surface area contributed by atoms with Gasteiger partial charge in [-0.05, 0) is 30.3 Å². The highest BCUT2D eigenvalue weighted by atomic mass is 32.2. The van der Waals surface area contributed by atoms with Gasteiger partial charge in [0.15, 0.2) is 11.6 Å². The maximum Gasteiger partial charge on any atom is 0.262 e. The second kappa shape index (κ2) is 7.22. The Morgan fingerprint density at radius 1 is 1.12 bits per heavy atom. The summed E-state index contributed by atoms with van der Waals surface area (Å²) < 4.78 is 53.0. The van der Waals surface area contributed by atoms with E-state index in [9.17, 15) is 22.0 Å². The number of benzene rings is 2. The Morgan fingerprint density at radius 2 is 1.83 bits per heavy atom. The minimum Gasteiger partial charge on any atom is -0.349 e. The molecule has 0 aliphatic rings. The zero-order chi connectivity index (χ0) is 17.7. The van der Waals surface area contributed by atoms with Crippen LogP contribution in [0.2, 0.25) is 0 Å². The average molecular weight is 352 g/mol. The van der Waals surface area contributed by atoms with Crippen LogP contribution >= 0.6 is 0 Å². The van der Waals surface area contributed by atoms with Gasteiger partial charge in [-0.3, -0.25) is 9.52 Å². The summed E-state index contributed by atoms with van der Waals surface area (Å²) in [5.41, 5.74) is 0.106. The van der Waals surface area contributed by atoms with Crippen LogP contribution in [-0.2, 0) is 10.0 Å². The third kappa shape index (κ3) is 3.96. The molecule has 2 N–H and O–H groups in total. The summed E-state index contributed by atoms with van der Waals surface area (Å²) in [7, 11) is -4.19. The van der Waals surface area contributed by atoms with Crippen LogP contribution < -0.4 is 10.0 Å². The molecule has 0 bridgehead atoms. The van der Waals surface area contributed by atoms with Crippen LogP contribution in [0, 0.1) is 11.6 Å². The van der Waals surface area contributed by atoms with Crippen molar-refractivity contribution in [2.24, 2.45) is 0 Å². The van der Waals surface area contributed by atoms with E-state index in [1.807, 2.05) is 0 Å². The summed E-state index contributed by atoms with van der Waals surface area (Å²) in [5, 5.41) is 2.53. The number of sulfonamides is 1. The van der Waals surface area contributed by atoms with E-state index >= 15 is 0 Å². The third-order valence-electron chi connectivity index (χ3n) is 3.02. The van der Waals surface area contributed by atoms with Crippen LogP contribution in [0.4, 0.5) is 14.5 Å².